The summed E-state index contributed by atoms with van der Waals surface area (Å²) < 4.78 is 11.6. The molecule has 1 aliphatic carbocycles. The van der Waals surface area contributed by atoms with Gasteiger partial charge in [-0.05, 0) is 59.4 Å². The Morgan fingerprint density at radius 2 is 1.69 bits per heavy atom. The van der Waals surface area contributed by atoms with E-state index in [0.717, 1.165) is 61.5 Å². The topological polar surface area (TPSA) is 59.5 Å². The summed E-state index contributed by atoms with van der Waals surface area (Å²) >= 11 is 3.63. The van der Waals surface area contributed by atoms with Crippen molar-refractivity contribution in [3.8, 4) is 11.3 Å². The van der Waals surface area contributed by atoms with Crippen LogP contribution in [-0.2, 0) is 22.3 Å². The third kappa shape index (κ3) is 6.92. The van der Waals surface area contributed by atoms with Crippen molar-refractivity contribution in [2.75, 3.05) is 52.4 Å². The Bertz CT molecular complexity index is 1370. The zero-order valence-electron chi connectivity index (χ0n) is 22.6. The van der Waals surface area contributed by atoms with Gasteiger partial charge in [0, 0.05) is 61.7 Å². The van der Waals surface area contributed by atoms with E-state index in [9.17, 15) is 0 Å². The maximum Gasteiger partial charge on any atom is 0.227 e. The highest BCUT2D eigenvalue weighted by Crippen LogP contribution is 2.42. The molecule has 0 fully saturated rings. The number of rotatable bonds is 12. The van der Waals surface area contributed by atoms with Crippen LogP contribution in [0.25, 0.3) is 11.3 Å². The molecule has 7 heteroatoms. The fraction of sp³-hybridized carbons (Fsp3) is 0.312. The van der Waals surface area contributed by atoms with Gasteiger partial charge in [0.1, 0.15) is 0 Å². The summed E-state index contributed by atoms with van der Waals surface area (Å²) in [5.74, 6) is 0.892. The Hall–Kier alpha value is -3.10. The first-order chi connectivity index (χ1) is 19.1. The van der Waals surface area contributed by atoms with Crippen LogP contribution in [-0.4, -0.2) is 61.9 Å². The number of halogens is 1. The van der Waals surface area contributed by atoms with Gasteiger partial charge in [0.2, 0.25) is 5.95 Å². The lowest BCUT2D eigenvalue weighted by molar-refractivity contribution is 0.115. The van der Waals surface area contributed by atoms with Gasteiger partial charge >= 0.3 is 0 Å². The highest BCUT2D eigenvalue weighted by atomic mass is 79.9. The highest BCUT2D eigenvalue weighted by Gasteiger charge is 2.27. The molecule has 1 unspecified atom stereocenters. The molecular weight excluding hydrogens is 552 g/mol. The molecule has 39 heavy (non-hydrogen) atoms. The number of fused-ring (bicyclic) bond motifs is 3. The zero-order valence-corrected chi connectivity index (χ0v) is 24.2. The van der Waals surface area contributed by atoms with Crippen molar-refractivity contribution in [2.45, 2.75) is 18.8 Å². The number of hydrogen-bond donors (Lipinski definition) is 1. The first-order valence-corrected chi connectivity index (χ1v) is 14.2. The minimum absolute atomic E-state index is 0.279. The third-order valence-electron chi connectivity index (χ3n) is 7.28. The lowest BCUT2D eigenvalue weighted by Gasteiger charge is -2.27. The number of aromatic nitrogens is 2. The van der Waals surface area contributed by atoms with Gasteiger partial charge < -0.3 is 14.8 Å². The van der Waals surface area contributed by atoms with E-state index < -0.39 is 0 Å². The second-order valence-electron chi connectivity index (χ2n) is 9.87. The molecule has 0 bridgehead atoms. The van der Waals surface area contributed by atoms with Gasteiger partial charge in [0.25, 0.3) is 0 Å². The van der Waals surface area contributed by atoms with Crippen LogP contribution in [0.4, 0.5) is 11.6 Å². The maximum absolute atomic E-state index is 5.26. The van der Waals surface area contributed by atoms with Crippen LogP contribution in [0.5, 0.6) is 0 Å². The number of nitrogens with zero attached hydrogens (tertiary/aromatic N) is 3. The maximum atomic E-state index is 5.26. The van der Waals surface area contributed by atoms with Crippen molar-refractivity contribution in [1.82, 2.24) is 14.9 Å². The average molecular weight is 588 g/mol. The lowest BCUT2D eigenvalue weighted by atomic mass is 9.78. The molecular formula is C32H35BrN4O2. The van der Waals surface area contributed by atoms with Crippen LogP contribution >= 0.6 is 15.9 Å². The SMILES string of the molecule is COCCN(CCOC)CCc1ccc(Nc2ncc3c(n2)-c2ccccc2C(c2cccc(Br)c2)C3)cc1. The Morgan fingerprint density at radius 3 is 2.44 bits per heavy atom. The molecule has 6 nitrogen and oxygen atoms in total. The van der Waals surface area contributed by atoms with E-state index in [0.29, 0.717) is 5.95 Å². The predicted octanol–water partition coefficient (Wildman–Crippen LogP) is 6.48. The van der Waals surface area contributed by atoms with E-state index in [1.165, 1.54) is 27.8 Å². The number of nitrogens with one attached hydrogen (secondary N) is 1. The summed E-state index contributed by atoms with van der Waals surface area (Å²) in [4.78, 5) is 12.0. The number of ether oxygens (including phenoxy) is 2. The van der Waals surface area contributed by atoms with E-state index in [1.54, 1.807) is 14.2 Å². The molecule has 5 rings (SSSR count). The van der Waals surface area contributed by atoms with Crippen LogP contribution in [0.1, 0.15) is 28.2 Å². The highest BCUT2D eigenvalue weighted by molar-refractivity contribution is 9.10. The number of anilines is 2. The molecule has 0 saturated heterocycles. The van der Waals surface area contributed by atoms with E-state index >= 15 is 0 Å². The predicted molar refractivity (Wildman–Crippen MR) is 161 cm³/mol. The Kier molecular flexibility index (Phi) is 9.37. The fourth-order valence-corrected chi connectivity index (χ4v) is 5.58. The van der Waals surface area contributed by atoms with E-state index in [-0.39, 0.29) is 5.92 Å². The number of benzene rings is 3. The summed E-state index contributed by atoms with van der Waals surface area (Å²) in [6.07, 6.45) is 3.83. The van der Waals surface area contributed by atoms with E-state index in [1.807, 2.05) is 6.20 Å². The molecule has 1 N–H and O–H groups in total. The smallest absolute Gasteiger partial charge is 0.227 e. The largest absolute Gasteiger partial charge is 0.383 e. The number of hydrogen-bond acceptors (Lipinski definition) is 6. The van der Waals surface area contributed by atoms with Crippen LogP contribution < -0.4 is 5.32 Å². The normalized spacial score (nSPS) is 14.2. The lowest BCUT2D eigenvalue weighted by Crippen LogP contribution is -2.32. The molecule has 0 amide bonds. The molecule has 3 aromatic carbocycles. The van der Waals surface area contributed by atoms with Gasteiger partial charge in [-0.15, -0.1) is 0 Å². The zero-order chi connectivity index (χ0) is 27.0. The van der Waals surface area contributed by atoms with Gasteiger partial charge in [0.15, 0.2) is 0 Å². The van der Waals surface area contributed by atoms with Crippen LogP contribution in [0.15, 0.2) is 83.5 Å². The first kappa shape index (κ1) is 27.5. The number of methoxy groups -OCH3 is 2. The monoisotopic (exact) mass is 586 g/mol. The molecule has 1 aliphatic rings. The van der Waals surface area contributed by atoms with Gasteiger partial charge in [-0.3, -0.25) is 4.90 Å². The van der Waals surface area contributed by atoms with Crippen LogP contribution in [0.2, 0.25) is 0 Å². The second kappa shape index (κ2) is 13.3. The molecule has 0 spiro atoms. The summed E-state index contributed by atoms with van der Waals surface area (Å²) in [6, 6.07) is 25.7. The molecule has 4 aromatic rings. The van der Waals surface area contributed by atoms with Crippen molar-refractivity contribution in [2.24, 2.45) is 0 Å². The minimum atomic E-state index is 0.279. The molecule has 1 heterocycles. The van der Waals surface area contributed by atoms with Gasteiger partial charge in [-0.25, -0.2) is 9.97 Å². The third-order valence-corrected chi connectivity index (χ3v) is 7.77. The van der Waals surface area contributed by atoms with Crippen molar-refractivity contribution >= 4 is 27.6 Å². The standard InChI is InChI=1S/C32H35BrN4O2/c1-38-18-16-37(17-19-39-2)15-14-23-10-12-27(13-11-23)35-32-34-22-25-21-30(24-6-5-7-26(33)20-24)28-8-3-4-9-29(28)31(25)36-32/h3-13,20,22,30H,14-19,21H2,1-2H3,(H,34,35,36). The van der Waals surface area contributed by atoms with Crippen LogP contribution in [0, 0.1) is 0 Å². The molecule has 0 aliphatic heterocycles. The fourth-order valence-electron chi connectivity index (χ4n) is 5.16. The summed E-state index contributed by atoms with van der Waals surface area (Å²) in [5, 5.41) is 3.41. The van der Waals surface area contributed by atoms with Crippen molar-refractivity contribution in [3.05, 3.63) is 106 Å². The average Bonchev–Trinajstić information content (AvgIpc) is 2.97. The first-order valence-electron chi connectivity index (χ1n) is 13.4. The molecule has 0 radical (unpaired) electrons. The molecule has 202 valence electrons. The Balaban J connectivity index is 1.28. The second-order valence-corrected chi connectivity index (χ2v) is 10.8. The Morgan fingerprint density at radius 1 is 0.923 bits per heavy atom. The van der Waals surface area contributed by atoms with Gasteiger partial charge in [0.05, 0.1) is 18.9 Å². The molecule has 1 atom stereocenters. The van der Waals surface area contributed by atoms with Crippen molar-refractivity contribution in [3.63, 3.8) is 0 Å². The van der Waals surface area contributed by atoms with E-state index in [4.69, 9.17) is 14.5 Å². The summed E-state index contributed by atoms with van der Waals surface area (Å²) in [6.45, 7) is 4.22. The summed E-state index contributed by atoms with van der Waals surface area (Å²) in [7, 11) is 3.48. The van der Waals surface area contributed by atoms with Crippen molar-refractivity contribution in [1.29, 1.82) is 0 Å². The van der Waals surface area contributed by atoms with E-state index in [2.05, 4.69) is 104 Å². The van der Waals surface area contributed by atoms with Crippen LogP contribution in [0.3, 0.4) is 0 Å². The Labute approximate surface area is 239 Å². The minimum Gasteiger partial charge on any atom is -0.383 e. The van der Waals surface area contributed by atoms with Gasteiger partial charge in [-0.1, -0.05) is 64.5 Å². The van der Waals surface area contributed by atoms with Crippen molar-refractivity contribution < 1.29 is 9.47 Å². The van der Waals surface area contributed by atoms with Gasteiger partial charge in [-0.2, -0.15) is 0 Å². The summed E-state index contributed by atoms with van der Waals surface area (Å²) in [5.41, 5.74) is 8.23. The molecule has 1 aromatic heterocycles. The quantitative estimate of drug-likeness (QED) is 0.205. The molecule has 0 saturated carbocycles.